The van der Waals surface area contributed by atoms with Gasteiger partial charge in [0, 0.05) is 19.0 Å². The molecular formula is C14H19FN2O3S. The molecule has 0 aliphatic carbocycles. The van der Waals surface area contributed by atoms with Gasteiger partial charge in [0.05, 0.1) is 17.2 Å². The molecule has 0 spiro atoms. The van der Waals surface area contributed by atoms with E-state index in [-0.39, 0.29) is 35.6 Å². The molecule has 0 aromatic heterocycles. The Balaban J connectivity index is 1.80. The summed E-state index contributed by atoms with van der Waals surface area (Å²) in [5, 5.41) is 2.51. The van der Waals surface area contributed by atoms with E-state index in [9.17, 15) is 17.6 Å². The predicted octanol–water partition coefficient (Wildman–Crippen LogP) is 1.27. The number of rotatable bonds is 5. The molecule has 7 heteroatoms. The fourth-order valence-electron chi connectivity index (χ4n) is 2.36. The zero-order chi connectivity index (χ0) is 15.5. The highest BCUT2D eigenvalue weighted by Crippen LogP contribution is 2.17. The van der Waals surface area contributed by atoms with Crippen LogP contribution in [0.2, 0.25) is 0 Å². The number of amides is 1. The zero-order valence-electron chi connectivity index (χ0n) is 11.9. The molecular weight excluding hydrogens is 295 g/mol. The van der Waals surface area contributed by atoms with E-state index in [0.29, 0.717) is 13.0 Å². The molecule has 1 unspecified atom stereocenters. The molecule has 1 fully saturated rings. The second-order valence-corrected chi connectivity index (χ2v) is 7.54. The number of anilines is 1. The van der Waals surface area contributed by atoms with Crippen molar-refractivity contribution in [3.63, 3.8) is 0 Å². The van der Waals surface area contributed by atoms with Gasteiger partial charge in [0.15, 0.2) is 9.84 Å². The summed E-state index contributed by atoms with van der Waals surface area (Å²) in [7, 11) is -1.12. The SMILES string of the molecule is CN(CCC(=O)Nc1ccccc1F)C1CCS(=O)(=O)C1. The van der Waals surface area contributed by atoms with Crippen molar-refractivity contribution in [2.24, 2.45) is 0 Å². The Hall–Kier alpha value is -1.47. The van der Waals surface area contributed by atoms with Crippen LogP contribution in [-0.2, 0) is 14.6 Å². The number of nitrogens with zero attached hydrogens (tertiary/aromatic N) is 1. The summed E-state index contributed by atoms with van der Waals surface area (Å²) >= 11 is 0. The van der Waals surface area contributed by atoms with Crippen LogP contribution < -0.4 is 5.32 Å². The van der Waals surface area contributed by atoms with Gasteiger partial charge < -0.3 is 10.2 Å². The molecule has 1 aliphatic heterocycles. The number of sulfone groups is 1. The van der Waals surface area contributed by atoms with Gasteiger partial charge in [0.1, 0.15) is 5.82 Å². The van der Waals surface area contributed by atoms with Crippen molar-refractivity contribution in [3.8, 4) is 0 Å². The third kappa shape index (κ3) is 4.50. The largest absolute Gasteiger partial charge is 0.324 e. The number of nitrogens with one attached hydrogen (secondary N) is 1. The third-order valence-electron chi connectivity index (χ3n) is 3.67. The molecule has 1 heterocycles. The van der Waals surface area contributed by atoms with Gasteiger partial charge in [0.2, 0.25) is 5.91 Å². The van der Waals surface area contributed by atoms with Crippen molar-refractivity contribution < 1.29 is 17.6 Å². The van der Waals surface area contributed by atoms with E-state index in [1.54, 1.807) is 12.1 Å². The number of hydrogen-bond acceptors (Lipinski definition) is 4. The zero-order valence-corrected chi connectivity index (χ0v) is 12.7. The van der Waals surface area contributed by atoms with Crippen molar-refractivity contribution in [3.05, 3.63) is 30.1 Å². The molecule has 0 saturated carbocycles. The van der Waals surface area contributed by atoms with Crippen molar-refractivity contribution in [1.29, 1.82) is 0 Å². The van der Waals surface area contributed by atoms with E-state index < -0.39 is 15.7 Å². The van der Waals surface area contributed by atoms with E-state index in [2.05, 4.69) is 5.32 Å². The molecule has 0 radical (unpaired) electrons. The fourth-order valence-corrected chi connectivity index (χ4v) is 4.16. The van der Waals surface area contributed by atoms with Crippen LogP contribution in [0, 0.1) is 5.82 Å². The van der Waals surface area contributed by atoms with Crippen LogP contribution in [0.25, 0.3) is 0 Å². The molecule has 1 amide bonds. The topological polar surface area (TPSA) is 66.5 Å². The highest BCUT2D eigenvalue weighted by molar-refractivity contribution is 7.91. The lowest BCUT2D eigenvalue weighted by Crippen LogP contribution is -2.35. The Morgan fingerprint density at radius 2 is 2.14 bits per heavy atom. The maximum Gasteiger partial charge on any atom is 0.225 e. The average Bonchev–Trinajstić information content (AvgIpc) is 2.79. The van der Waals surface area contributed by atoms with Gasteiger partial charge in [-0.2, -0.15) is 0 Å². The molecule has 1 aromatic carbocycles. The average molecular weight is 314 g/mol. The number of carbonyl (C=O) groups excluding carboxylic acids is 1. The Bertz CT molecular complexity index is 618. The maximum atomic E-state index is 13.4. The quantitative estimate of drug-likeness (QED) is 0.889. The van der Waals surface area contributed by atoms with Crippen molar-refractivity contribution in [2.75, 3.05) is 30.4 Å². The number of benzene rings is 1. The van der Waals surface area contributed by atoms with Crippen LogP contribution in [-0.4, -0.2) is 50.4 Å². The highest BCUT2D eigenvalue weighted by Gasteiger charge is 2.30. The summed E-state index contributed by atoms with van der Waals surface area (Å²) in [6.07, 6.45) is 0.801. The Labute approximate surface area is 124 Å². The fraction of sp³-hybridized carbons (Fsp3) is 0.500. The molecule has 1 saturated heterocycles. The Morgan fingerprint density at radius 1 is 1.43 bits per heavy atom. The monoisotopic (exact) mass is 314 g/mol. The molecule has 21 heavy (non-hydrogen) atoms. The number of para-hydroxylation sites is 1. The van der Waals surface area contributed by atoms with Crippen LogP contribution in [0.4, 0.5) is 10.1 Å². The third-order valence-corrected chi connectivity index (χ3v) is 5.42. The molecule has 1 aliphatic rings. The summed E-state index contributed by atoms with van der Waals surface area (Å²) in [5.74, 6) is -0.393. The first-order chi connectivity index (χ1) is 9.87. The second-order valence-electron chi connectivity index (χ2n) is 5.32. The lowest BCUT2D eigenvalue weighted by atomic mass is 10.2. The normalized spacial score (nSPS) is 20.6. The first kappa shape index (κ1) is 15.9. The molecule has 1 atom stereocenters. The Morgan fingerprint density at radius 3 is 2.76 bits per heavy atom. The predicted molar refractivity (Wildman–Crippen MR) is 79.3 cm³/mol. The van der Waals surface area contributed by atoms with Crippen molar-refractivity contribution in [2.45, 2.75) is 18.9 Å². The molecule has 116 valence electrons. The van der Waals surface area contributed by atoms with Gasteiger partial charge in [-0.1, -0.05) is 12.1 Å². The molecule has 1 aromatic rings. The maximum absolute atomic E-state index is 13.4. The van der Waals surface area contributed by atoms with Gasteiger partial charge in [-0.05, 0) is 25.6 Å². The Kier molecular flexibility index (Phi) is 4.95. The van der Waals surface area contributed by atoms with E-state index in [0.717, 1.165) is 0 Å². The first-order valence-electron chi connectivity index (χ1n) is 6.82. The van der Waals surface area contributed by atoms with E-state index in [4.69, 9.17) is 0 Å². The van der Waals surface area contributed by atoms with Gasteiger partial charge >= 0.3 is 0 Å². The molecule has 5 nitrogen and oxygen atoms in total. The van der Waals surface area contributed by atoms with E-state index >= 15 is 0 Å². The standard InChI is InChI=1S/C14H19FN2O3S/c1-17(11-7-9-21(19,20)10-11)8-6-14(18)16-13-5-3-2-4-12(13)15/h2-5,11H,6-10H2,1H3,(H,16,18). The van der Waals surface area contributed by atoms with Crippen LogP contribution in [0.15, 0.2) is 24.3 Å². The van der Waals surface area contributed by atoms with Gasteiger partial charge in [-0.15, -0.1) is 0 Å². The van der Waals surface area contributed by atoms with E-state index in [1.165, 1.54) is 12.1 Å². The van der Waals surface area contributed by atoms with Crippen LogP contribution in [0.5, 0.6) is 0 Å². The lowest BCUT2D eigenvalue weighted by molar-refractivity contribution is -0.116. The highest BCUT2D eigenvalue weighted by atomic mass is 32.2. The molecule has 1 N–H and O–H groups in total. The summed E-state index contributed by atoms with van der Waals surface area (Å²) in [5.41, 5.74) is 0.161. The summed E-state index contributed by atoms with van der Waals surface area (Å²) in [4.78, 5) is 13.7. The number of hydrogen-bond donors (Lipinski definition) is 1. The van der Waals surface area contributed by atoms with Crippen molar-refractivity contribution >= 4 is 21.4 Å². The van der Waals surface area contributed by atoms with Gasteiger partial charge in [-0.25, -0.2) is 12.8 Å². The van der Waals surface area contributed by atoms with Crippen LogP contribution >= 0.6 is 0 Å². The first-order valence-corrected chi connectivity index (χ1v) is 8.64. The lowest BCUT2D eigenvalue weighted by Gasteiger charge is -2.22. The number of halogens is 1. The minimum atomic E-state index is -2.93. The summed E-state index contributed by atoms with van der Waals surface area (Å²) in [6, 6.07) is 5.95. The van der Waals surface area contributed by atoms with Crippen molar-refractivity contribution in [1.82, 2.24) is 4.90 Å². The van der Waals surface area contributed by atoms with E-state index in [1.807, 2.05) is 11.9 Å². The van der Waals surface area contributed by atoms with Crippen LogP contribution in [0.3, 0.4) is 0 Å². The molecule has 0 bridgehead atoms. The summed E-state index contributed by atoms with van der Waals surface area (Å²) in [6.45, 7) is 0.445. The van der Waals surface area contributed by atoms with Crippen LogP contribution in [0.1, 0.15) is 12.8 Å². The summed E-state index contributed by atoms with van der Waals surface area (Å²) < 4.78 is 36.2. The second kappa shape index (κ2) is 6.53. The van der Waals surface area contributed by atoms with Gasteiger partial charge in [-0.3, -0.25) is 4.79 Å². The number of carbonyl (C=O) groups is 1. The minimum Gasteiger partial charge on any atom is -0.324 e. The molecule has 2 rings (SSSR count). The minimum absolute atomic E-state index is 0.0312. The smallest absolute Gasteiger partial charge is 0.225 e. The van der Waals surface area contributed by atoms with Gasteiger partial charge in [0.25, 0.3) is 0 Å².